The summed E-state index contributed by atoms with van der Waals surface area (Å²) in [7, 11) is 0. The highest BCUT2D eigenvalue weighted by atomic mass is 16.6. The predicted molar refractivity (Wildman–Crippen MR) is 108 cm³/mol. The van der Waals surface area contributed by atoms with Crippen molar-refractivity contribution in [2.24, 2.45) is 5.16 Å². The smallest absolute Gasteiger partial charge is 0.410 e. The molecule has 0 unspecified atom stereocenters. The minimum atomic E-state index is -0.494. The molecule has 0 aliphatic heterocycles. The SMILES string of the molecule is CC(=O)/C=C/CN(C/C=N\OCc1ccccc1)C(=O)OCc1ccccc1. The fourth-order valence-electron chi connectivity index (χ4n) is 2.25. The Morgan fingerprint density at radius 1 is 0.929 bits per heavy atom. The Hall–Kier alpha value is -3.41. The summed E-state index contributed by atoms with van der Waals surface area (Å²) >= 11 is 0. The van der Waals surface area contributed by atoms with E-state index in [1.807, 2.05) is 60.7 Å². The van der Waals surface area contributed by atoms with Crippen LogP contribution in [0.3, 0.4) is 0 Å². The van der Waals surface area contributed by atoms with Crippen molar-refractivity contribution in [2.45, 2.75) is 20.1 Å². The number of oxime groups is 1. The Morgan fingerprint density at radius 2 is 1.54 bits per heavy atom. The highest BCUT2D eigenvalue weighted by Crippen LogP contribution is 2.04. The monoisotopic (exact) mass is 380 g/mol. The first-order valence-corrected chi connectivity index (χ1v) is 8.95. The van der Waals surface area contributed by atoms with Crippen molar-refractivity contribution in [3.63, 3.8) is 0 Å². The van der Waals surface area contributed by atoms with Crippen LogP contribution >= 0.6 is 0 Å². The Kier molecular flexibility index (Phi) is 9.00. The van der Waals surface area contributed by atoms with Crippen LogP contribution in [0, 0.1) is 0 Å². The zero-order valence-corrected chi connectivity index (χ0v) is 15.9. The number of benzene rings is 2. The number of amides is 1. The van der Waals surface area contributed by atoms with Crippen LogP contribution in [0.25, 0.3) is 0 Å². The van der Waals surface area contributed by atoms with Crippen LogP contribution in [0.5, 0.6) is 0 Å². The molecule has 0 saturated carbocycles. The van der Waals surface area contributed by atoms with Crippen molar-refractivity contribution in [1.29, 1.82) is 0 Å². The standard InChI is InChI=1S/C22H24N2O4/c1-19(25)9-8-15-24(22(26)27-17-20-10-4-2-5-11-20)16-14-23-28-18-21-12-6-3-7-13-21/h2-14H,15-18H2,1H3/b9-8+,23-14-. The molecular formula is C22H24N2O4. The highest BCUT2D eigenvalue weighted by molar-refractivity contribution is 5.87. The molecule has 28 heavy (non-hydrogen) atoms. The predicted octanol–water partition coefficient (Wildman–Crippen LogP) is 3.97. The van der Waals surface area contributed by atoms with E-state index in [1.54, 1.807) is 6.08 Å². The minimum Gasteiger partial charge on any atom is -0.445 e. The van der Waals surface area contributed by atoms with Crippen LogP contribution < -0.4 is 0 Å². The lowest BCUT2D eigenvalue weighted by Gasteiger charge is -2.18. The summed E-state index contributed by atoms with van der Waals surface area (Å²) in [4.78, 5) is 30.1. The van der Waals surface area contributed by atoms with E-state index in [2.05, 4.69) is 5.16 Å². The lowest BCUT2D eigenvalue weighted by Crippen LogP contribution is -2.33. The van der Waals surface area contributed by atoms with Gasteiger partial charge in [-0.05, 0) is 24.1 Å². The molecule has 0 aliphatic rings. The maximum atomic E-state index is 12.4. The number of carbonyl (C=O) groups is 2. The maximum absolute atomic E-state index is 12.4. The van der Waals surface area contributed by atoms with Crippen molar-refractivity contribution in [3.8, 4) is 0 Å². The first-order chi connectivity index (χ1) is 13.6. The normalized spacial score (nSPS) is 10.9. The van der Waals surface area contributed by atoms with Gasteiger partial charge in [-0.2, -0.15) is 0 Å². The van der Waals surface area contributed by atoms with Crippen molar-refractivity contribution in [3.05, 3.63) is 83.9 Å². The van der Waals surface area contributed by atoms with Crippen LogP contribution in [0.15, 0.2) is 78.0 Å². The van der Waals surface area contributed by atoms with E-state index in [1.165, 1.54) is 24.1 Å². The van der Waals surface area contributed by atoms with Gasteiger partial charge in [0.2, 0.25) is 0 Å². The fourth-order valence-corrected chi connectivity index (χ4v) is 2.25. The van der Waals surface area contributed by atoms with Gasteiger partial charge in [-0.15, -0.1) is 0 Å². The van der Waals surface area contributed by atoms with Crippen LogP contribution in [-0.2, 0) is 27.6 Å². The molecule has 0 spiro atoms. The van der Waals surface area contributed by atoms with Crippen LogP contribution in [0.4, 0.5) is 4.79 Å². The first-order valence-electron chi connectivity index (χ1n) is 8.95. The molecule has 2 aromatic rings. The second kappa shape index (κ2) is 12.1. The van der Waals surface area contributed by atoms with Crippen molar-refractivity contribution in [2.75, 3.05) is 13.1 Å². The molecule has 0 atom stereocenters. The van der Waals surface area contributed by atoms with Gasteiger partial charge in [0.15, 0.2) is 5.78 Å². The van der Waals surface area contributed by atoms with Gasteiger partial charge in [0.1, 0.15) is 13.2 Å². The number of hydrogen-bond acceptors (Lipinski definition) is 5. The van der Waals surface area contributed by atoms with Gasteiger partial charge < -0.3 is 9.57 Å². The average Bonchev–Trinajstić information content (AvgIpc) is 2.71. The number of carbonyl (C=O) groups excluding carboxylic acids is 2. The third kappa shape index (κ3) is 8.31. The molecule has 6 nitrogen and oxygen atoms in total. The summed E-state index contributed by atoms with van der Waals surface area (Å²) in [5, 5.41) is 3.88. The topological polar surface area (TPSA) is 68.2 Å². The van der Waals surface area contributed by atoms with Gasteiger partial charge in [0.25, 0.3) is 0 Å². The molecule has 1 amide bonds. The van der Waals surface area contributed by atoms with E-state index in [0.29, 0.717) is 6.61 Å². The van der Waals surface area contributed by atoms with Gasteiger partial charge in [0.05, 0.1) is 12.8 Å². The molecule has 6 heteroatoms. The Labute approximate surface area is 165 Å². The molecule has 2 aromatic carbocycles. The third-order valence-corrected chi connectivity index (χ3v) is 3.67. The number of allylic oxidation sites excluding steroid dienone is 1. The molecule has 0 heterocycles. The minimum absolute atomic E-state index is 0.0857. The van der Waals surface area contributed by atoms with E-state index in [4.69, 9.17) is 9.57 Å². The van der Waals surface area contributed by atoms with Gasteiger partial charge in [0, 0.05) is 6.54 Å². The Morgan fingerprint density at radius 3 is 2.14 bits per heavy atom. The van der Waals surface area contributed by atoms with Crippen LogP contribution in [0.1, 0.15) is 18.1 Å². The fraction of sp³-hybridized carbons (Fsp3) is 0.227. The van der Waals surface area contributed by atoms with Crippen LogP contribution in [0.2, 0.25) is 0 Å². The highest BCUT2D eigenvalue weighted by Gasteiger charge is 2.13. The second-order valence-electron chi connectivity index (χ2n) is 6.01. The molecule has 0 N–H and O–H groups in total. The number of nitrogens with zero attached hydrogens (tertiary/aromatic N) is 2. The lowest BCUT2D eigenvalue weighted by molar-refractivity contribution is -0.112. The third-order valence-electron chi connectivity index (χ3n) is 3.67. The van der Waals surface area contributed by atoms with Crippen molar-refractivity contribution in [1.82, 2.24) is 4.90 Å². The van der Waals surface area contributed by atoms with Gasteiger partial charge in [-0.1, -0.05) is 71.9 Å². The zero-order valence-electron chi connectivity index (χ0n) is 15.9. The summed E-state index contributed by atoms with van der Waals surface area (Å²) < 4.78 is 5.34. The summed E-state index contributed by atoms with van der Waals surface area (Å²) in [5.74, 6) is -0.0857. The average molecular weight is 380 g/mol. The molecule has 0 fully saturated rings. The van der Waals surface area contributed by atoms with E-state index in [-0.39, 0.29) is 25.5 Å². The molecule has 0 radical (unpaired) electrons. The van der Waals surface area contributed by atoms with E-state index in [0.717, 1.165) is 11.1 Å². The van der Waals surface area contributed by atoms with Gasteiger partial charge in [-0.25, -0.2) is 4.79 Å². The summed E-state index contributed by atoms with van der Waals surface area (Å²) in [5.41, 5.74) is 1.90. The summed E-state index contributed by atoms with van der Waals surface area (Å²) in [6.07, 6.45) is 4.03. The maximum Gasteiger partial charge on any atom is 0.410 e. The van der Waals surface area contributed by atoms with Gasteiger partial charge in [-0.3, -0.25) is 9.69 Å². The van der Waals surface area contributed by atoms with Crippen molar-refractivity contribution >= 4 is 18.1 Å². The van der Waals surface area contributed by atoms with Crippen LogP contribution in [-0.4, -0.2) is 36.1 Å². The molecule has 146 valence electrons. The molecule has 0 aliphatic carbocycles. The number of rotatable bonds is 10. The second-order valence-corrected chi connectivity index (χ2v) is 6.01. The van der Waals surface area contributed by atoms with E-state index < -0.39 is 6.09 Å². The number of hydrogen-bond donors (Lipinski definition) is 0. The zero-order chi connectivity index (χ0) is 20.0. The van der Waals surface area contributed by atoms with E-state index >= 15 is 0 Å². The molecule has 2 rings (SSSR count). The molecule has 0 aromatic heterocycles. The largest absolute Gasteiger partial charge is 0.445 e. The van der Waals surface area contributed by atoms with Crippen molar-refractivity contribution < 1.29 is 19.2 Å². The number of ether oxygens (including phenoxy) is 1. The lowest BCUT2D eigenvalue weighted by atomic mass is 10.2. The molecule has 0 bridgehead atoms. The molecular weight excluding hydrogens is 356 g/mol. The Bertz CT molecular complexity index is 789. The number of ketones is 1. The Balaban J connectivity index is 1.85. The van der Waals surface area contributed by atoms with E-state index in [9.17, 15) is 9.59 Å². The summed E-state index contributed by atoms with van der Waals surface area (Å²) in [6.45, 7) is 2.41. The van der Waals surface area contributed by atoms with Gasteiger partial charge >= 0.3 is 6.09 Å². The summed E-state index contributed by atoms with van der Waals surface area (Å²) in [6, 6.07) is 19.1. The molecule has 0 saturated heterocycles. The quantitative estimate of drug-likeness (QED) is 0.355. The first kappa shape index (κ1) is 20.9.